The molecule has 0 aliphatic carbocycles. The van der Waals surface area contributed by atoms with E-state index < -0.39 is 9.84 Å². The van der Waals surface area contributed by atoms with Gasteiger partial charge in [0.25, 0.3) is 0 Å². The second-order valence-electron chi connectivity index (χ2n) is 16.3. The van der Waals surface area contributed by atoms with E-state index in [0.29, 0.717) is 66.5 Å². The molecule has 0 bridgehead atoms. The van der Waals surface area contributed by atoms with Crippen molar-refractivity contribution >= 4 is 137 Å². The predicted octanol–water partition coefficient (Wildman–Crippen LogP) is 18.3. The lowest BCUT2D eigenvalue weighted by Crippen LogP contribution is -2.09. The lowest BCUT2D eigenvalue weighted by atomic mass is 10.2. The quantitative estimate of drug-likeness (QED) is 0.0387. The predicted molar refractivity (Wildman–Crippen MR) is 318 cm³/mol. The van der Waals surface area contributed by atoms with Crippen LogP contribution in [-0.2, 0) is 29.5 Å². The minimum absolute atomic E-state index is 0.0353. The molecule has 0 amide bonds. The van der Waals surface area contributed by atoms with Crippen molar-refractivity contribution in [2.75, 3.05) is 21.7 Å². The van der Waals surface area contributed by atoms with Gasteiger partial charge in [-0.1, -0.05) is 165 Å². The van der Waals surface area contributed by atoms with Crippen LogP contribution in [0.4, 0.5) is 22.7 Å². The number of phenolic OH excluding ortho intramolecular Hbond substituents is 3. The summed E-state index contributed by atoms with van der Waals surface area (Å²) in [7, 11) is -3.73. The number of rotatable bonds is 15. The zero-order valence-electron chi connectivity index (χ0n) is 39.6. The number of anilines is 4. The van der Waals surface area contributed by atoms with Crippen LogP contribution in [0.2, 0.25) is 35.2 Å². The molecular weight excluding hydrogens is 1170 g/mol. The van der Waals surface area contributed by atoms with Gasteiger partial charge in [-0.3, -0.25) is 0 Å². The van der Waals surface area contributed by atoms with Crippen LogP contribution >= 0.6 is 105 Å². The highest BCUT2D eigenvalue weighted by Gasteiger charge is 2.21. The molecule has 9 aromatic carbocycles. The minimum atomic E-state index is -3.73. The van der Waals surface area contributed by atoms with Crippen LogP contribution in [-0.4, -0.2) is 23.7 Å². The fraction of sp³-hybridized carbons (Fsp3) is 0.0526. The summed E-state index contributed by atoms with van der Waals surface area (Å²) in [5, 5.41) is 42.1. The summed E-state index contributed by atoms with van der Waals surface area (Å²) in [4.78, 5) is 4.80. The van der Waals surface area contributed by atoms with Gasteiger partial charge >= 0.3 is 0 Å². The van der Waals surface area contributed by atoms with Crippen molar-refractivity contribution in [1.82, 2.24) is 0 Å². The highest BCUT2D eigenvalue weighted by molar-refractivity contribution is 7.99. The summed E-state index contributed by atoms with van der Waals surface area (Å²) >= 11 is 44.9. The van der Waals surface area contributed by atoms with Crippen molar-refractivity contribution in [3.05, 3.63) is 240 Å². The van der Waals surface area contributed by atoms with Gasteiger partial charge in [0.05, 0.1) is 41.9 Å². The van der Waals surface area contributed by atoms with Crippen LogP contribution in [0, 0.1) is 0 Å². The van der Waals surface area contributed by atoms with Gasteiger partial charge < -0.3 is 37.0 Å². The molecule has 0 radical (unpaired) electrons. The minimum Gasteiger partial charge on any atom is -0.504 e. The van der Waals surface area contributed by atoms with E-state index in [9.17, 15) is 23.7 Å². The number of halogens is 7. The van der Waals surface area contributed by atoms with Crippen LogP contribution in [0.1, 0.15) is 16.7 Å². The number of sulfone groups is 1. The Balaban J connectivity index is 0.000000166. The van der Waals surface area contributed by atoms with Crippen molar-refractivity contribution in [2.24, 2.45) is 0 Å². The number of hydrogen-bond donors (Lipinski definition) is 7. The first-order chi connectivity index (χ1) is 36.4. The number of benzene rings is 9. The average molecular weight is 1210 g/mol. The zero-order valence-corrected chi connectivity index (χ0v) is 47.4. The third kappa shape index (κ3) is 16.2. The molecule has 9 rings (SSSR count). The summed E-state index contributed by atoms with van der Waals surface area (Å²) in [5.74, 6) is -0.103. The maximum Gasteiger partial charge on any atom is 0.206 e. The van der Waals surface area contributed by atoms with Crippen LogP contribution in [0.3, 0.4) is 0 Å². The molecule has 0 heterocycles. The van der Waals surface area contributed by atoms with Crippen molar-refractivity contribution < 1.29 is 23.7 Å². The van der Waals surface area contributed by atoms with Gasteiger partial charge in [-0.05, 0) is 144 Å². The summed E-state index contributed by atoms with van der Waals surface area (Å²) < 4.78 is 26.0. The molecule has 0 aliphatic rings. The second-order valence-corrected chi connectivity index (χ2v) is 23.4. The van der Waals surface area contributed by atoms with E-state index in [2.05, 4.69) is 40.2 Å². The highest BCUT2D eigenvalue weighted by atomic mass is 35.5. The van der Waals surface area contributed by atoms with Gasteiger partial charge in [-0.25, -0.2) is 8.42 Å². The Bertz CT molecular complexity index is 3550. The van der Waals surface area contributed by atoms with Crippen molar-refractivity contribution in [3.63, 3.8) is 0 Å². The monoisotopic (exact) mass is 1210 g/mol. The van der Waals surface area contributed by atoms with Gasteiger partial charge in [0, 0.05) is 65.0 Å². The number of hydrogen-bond acceptors (Lipinski definition) is 11. The van der Waals surface area contributed by atoms with E-state index in [1.165, 1.54) is 63.9 Å². The standard InChI is InChI=1S/C19H15Cl3N2OS.C19H14Cl3NO3S.C19H16ClNOS/c20-12-1-4-15(5-2-12)26-18-6-3-14(23)7-11(18)10-24-17-9-13(21)8-16(22)19(17)25;20-13-5-7-15(8-6-13)27(25,26)18-4-2-1-3-12(18)11-23-17-10-14(21)9-16(22)19(17)24;20-16-10-6-11-17(19(16)22)21-13-14-7-4-5-12-18(14)23-15-8-2-1-3-9-15/h1-9,24-25H,10,23H2;1-10,23-24H,11H2;1-12,21-22H,13H2. The average Bonchev–Trinajstić information content (AvgIpc) is 3.40. The number of para-hydroxylation sites is 1. The molecule has 9 aromatic rings. The van der Waals surface area contributed by atoms with Crippen molar-refractivity contribution in [2.45, 2.75) is 49.0 Å². The van der Waals surface area contributed by atoms with Crippen molar-refractivity contribution in [3.8, 4) is 17.2 Å². The first kappa shape index (κ1) is 58.0. The van der Waals surface area contributed by atoms with Gasteiger partial charge in [0.2, 0.25) is 9.84 Å². The van der Waals surface area contributed by atoms with Gasteiger partial charge in [-0.2, -0.15) is 0 Å². The molecule has 0 spiro atoms. The Morgan fingerprint density at radius 2 is 0.882 bits per heavy atom. The normalized spacial score (nSPS) is 10.9. The number of nitrogens with one attached hydrogen (secondary N) is 3. The third-order valence-electron chi connectivity index (χ3n) is 10.9. The van der Waals surface area contributed by atoms with E-state index >= 15 is 0 Å². The Morgan fingerprint density at radius 1 is 0.408 bits per heavy atom. The smallest absolute Gasteiger partial charge is 0.206 e. The first-order valence-corrected chi connectivity index (χ1v) is 28.5. The first-order valence-electron chi connectivity index (χ1n) is 22.7. The molecule has 0 unspecified atom stereocenters. The molecule has 0 aromatic heterocycles. The van der Waals surface area contributed by atoms with Crippen molar-refractivity contribution in [1.29, 1.82) is 0 Å². The molecule has 76 heavy (non-hydrogen) atoms. The maximum atomic E-state index is 13.0. The molecular formula is C57H45Cl7N4O5S3. The van der Waals surface area contributed by atoms with E-state index in [0.717, 1.165) is 15.4 Å². The second kappa shape index (κ2) is 27.5. The summed E-state index contributed by atoms with van der Waals surface area (Å²) in [6.45, 7) is 1.21. The Hall–Kier alpha value is -5.74. The molecule has 0 atom stereocenters. The lowest BCUT2D eigenvalue weighted by Gasteiger charge is -2.14. The van der Waals surface area contributed by atoms with E-state index in [4.69, 9.17) is 86.9 Å². The Morgan fingerprint density at radius 3 is 1.50 bits per heavy atom. The van der Waals surface area contributed by atoms with E-state index in [1.807, 2.05) is 84.9 Å². The SMILES string of the molecule is Nc1ccc(Sc2ccc(Cl)cc2)c(CNc2cc(Cl)cc(Cl)c2O)c1.O=S(=O)(c1ccc(Cl)cc1)c1ccccc1CNc1cc(Cl)cc(Cl)c1O.Oc1c(Cl)cccc1NCc1ccccc1Sc1ccccc1. The molecule has 0 aliphatic heterocycles. The Kier molecular flexibility index (Phi) is 21.0. The number of phenols is 3. The van der Waals surface area contributed by atoms with Crippen LogP contribution in [0.25, 0.3) is 0 Å². The molecule has 0 fully saturated rings. The van der Waals surface area contributed by atoms with E-state index in [1.54, 1.807) is 53.9 Å². The van der Waals surface area contributed by atoms with Crippen LogP contribution in [0.5, 0.6) is 17.2 Å². The molecule has 8 N–H and O–H groups in total. The molecule has 19 heteroatoms. The molecule has 9 nitrogen and oxygen atoms in total. The molecule has 0 saturated heterocycles. The third-order valence-corrected chi connectivity index (χ3v) is 16.9. The van der Waals surface area contributed by atoms with Gasteiger partial charge in [0.15, 0.2) is 17.2 Å². The topological polar surface area (TPSA) is 157 Å². The number of nitrogens with two attached hydrogens (primary N) is 1. The Labute approximate surface area is 484 Å². The number of aromatic hydroxyl groups is 3. The van der Waals surface area contributed by atoms with Gasteiger partial charge in [0.1, 0.15) is 0 Å². The fourth-order valence-electron chi connectivity index (χ4n) is 7.12. The number of nitrogen functional groups attached to an aromatic ring is 1. The summed E-state index contributed by atoms with van der Waals surface area (Å²) in [6.07, 6.45) is 0. The van der Waals surface area contributed by atoms with Crippen LogP contribution in [0.15, 0.2) is 217 Å². The lowest BCUT2D eigenvalue weighted by molar-refractivity contribution is 0.477. The fourth-order valence-corrected chi connectivity index (χ4v) is 11.9. The largest absolute Gasteiger partial charge is 0.504 e. The molecule has 390 valence electrons. The zero-order chi connectivity index (χ0) is 54.4. The highest BCUT2D eigenvalue weighted by Crippen LogP contribution is 2.39. The van der Waals surface area contributed by atoms with Gasteiger partial charge in [-0.15, -0.1) is 0 Å². The summed E-state index contributed by atoms with van der Waals surface area (Å²) in [5.41, 5.74) is 10.7. The van der Waals surface area contributed by atoms with E-state index in [-0.39, 0.29) is 43.6 Å². The summed E-state index contributed by atoms with van der Waals surface area (Å²) in [6, 6.07) is 55.8. The van der Waals surface area contributed by atoms with Crippen LogP contribution < -0.4 is 21.7 Å². The maximum absolute atomic E-state index is 13.0. The molecule has 0 saturated carbocycles.